The summed E-state index contributed by atoms with van der Waals surface area (Å²) in [6.07, 6.45) is 4.11. The number of urea groups is 1. The zero-order chi connectivity index (χ0) is 32.7. The second-order valence-electron chi connectivity index (χ2n) is 11.1. The third-order valence-corrected chi connectivity index (χ3v) is 5.87. The van der Waals surface area contributed by atoms with Gasteiger partial charge in [-0.3, -0.25) is 9.59 Å². The van der Waals surface area contributed by atoms with Gasteiger partial charge in [-0.25, -0.2) is 14.4 Å². The topological polar surface area (TPSA) is 201 Å². The number of aliphatic hydroxyl groups excluding tert-OH is 1. The Morgan fingerprint density at radius 2 is 1.77 bits per heavy atom. The summed E-state index contributed by atoms with van der Waals surface area (Å²) >= 11 is 0. The van der Waals surface area contributed by atoms with Crippen LogP contribution in [0.25, 0.3) is 0 Å². The fourth-order valence-electron chi connectivity index (χ4n) is 3.79. The van der Waals surface area contributed by atoms with Crippen LogP contribution in [0, 0.1) is 18.3 Å². The summed E-state index contributed by atoms with van der Waals surface area (Å²) < 4.78 is 10.2. The van der Waals surface area contributed by atoms with Crippen molar-refractivity contribution in [2.75, 3.05) is 25.5 Å². The van der Waals surface area contributed by atoms with Gasteiger partial charge in [0.05, 0.1) is 6.61 Å². The van der Waals surface area contributed by atoms with Crippen molar-refractivity contribution >= 4 is 35.7 Å². The number of nitrogens with zero attached hydrogens (tertiary/aromatic N) is 1. The first kappa shape index (κ1) is 36.5. The molecule has 0 fully saturated rings. The predicted octanol–water partition coefficient (Wildman–Crippen LogP) is 1.80. The zero-order valence-corrected chi connectivity index (χ0v) is 25.6. The number of carbonyl (C=O) groups excluding carboxylic acids is 5. The first-order valence-electron chi connectivity index (χ1n) is 13.8. The smallest absolute Gasteiger partial charge is 0.410 e. The third kappa shape index (κ3) is 13.8. The maximum atomic E-state index is 13.4. The van der Waals surface area contributed by atoms with E-state index in [4.69, 9.17) is 21.6 Å². The van der Waals surface area contributed by atoms with E-state index in [1.54, 1.807) is 52.8 Å². The largest absolute Gasteiger partial charge is 0.444 e. The summed E-state index contributed by atoms with van der Waals surface area (Å²) in [5.74, 6) is 0.690. The van der Waals surface area contributed by atoms with E-state index in [-0.39, 0.29) is 38.6 Å². The van der Waals surface area contributed by atoms with E-state index in [9.17, 15) is 29.1 Å². The van der Waals surface area contributed by atoms with E-state index in [1.807, 2.05) is 0 Å². The van der Waals surface area contributed by atoms with Gasteiger partial charge in [0.25, 0.3) is 0 Å². The maximum Gasteiger partial charge on any atom is 0.410 e. The van der Waals surface area contributed by atoms with Gasteiger partial charge in [-0.2, -0.15) is 0 Å². The second kappa shape index (κ2) is 17.4. The number of nitrogens with two attached hydrogens (primary N) is 1. The molecule has 0 aliphatic carbocycles. The molecule has 0 aliphatic rings. The fraction of sp³-hybridized carbons (Fsp3) is 0.552. The molecule has 238 valence electrons. The summed E-state index contributed by atoms with van der Waals surface area (Å²) in [6.45, 7) is 8.25. The highest BCUT2D eigenvalue weighted by Crippen LogP contribution is 2.19. The number of anilines is 1. The lowest BCUT2D eigenvalue weighted by Crippen LogP contribution is -2.55. The number of carbonyl (C=O) groups is 5. The van der Waals surface area contributed by atoms with Gasteiger partial charge in [0, 0.05) is 25.8 Å². The van der Waals surface area contributed by atoms with Gasteiger partial charge in [0.2, 0.25) is 11.8 Å². The van der Waals surface area contributed by atoms with E-state index in [2.05, 4.69) is 27.2 Å². The first-order chi connectivity index (χ1) is 20.1. The molecule has 0 saturated carbocycles. The van der Waals surface area contributed by atoms with Crippen molar-refractivity contribution in [1.29, 1.82) is 0 Å². The van der Waals surface area contributed by atoms with Gasteiger partial charge in [0.1, 0.15) is 17.7 Å². The summed E-state index contributed by atoms with van der Waals surface area (Å²) in [5, 5.41) is 20.2. The highest BCUT2D eigenvalue weighted by atomic mass is 16.6. The molecule has 14 nitrogen and oxygen atoms in total. The van der Waals surface area contributed by atoms with Gasteiger partial charge in [-0.1, -0.05) is 25.8 Å². The molecular formula is C29H44N6O8. The highest BCUT2D eigenvalue weighted by molar-refractivity contribution is 5.98. The first-order valence-corrected chi connectivity index (χ1v) is 13.8. The molecule has 0 aromatic heterocycles. The van der Waals surface area contributed by atoms with Crippen molar-refractivity contribution in [2.45, 2.75) is 78.3 Å². The van der Waals surface area contributed by atoms with Crippen molar-refractivity contribution in [1.82, 2.24) is 20.9 Å². The summed E-state index contributed by atoms with van der Waals surface area (Å²) in [6, 6.07) is 1.95. The van der Waals surface area contributed by atoms with Crippen LogP contribution >= 0.6 is 0 Å². The van der Waals surface area contributed by atoms with Gasteiger partial charge in [-0.05, 0) is 62.8 Å². The molecule has 43 heavy (non-hydrogen) atoms. The Balaban J connectivity index is 3.14. The lowest BCUT2D eigenvalue weighted by atomic mass is 10.0. The third-order valence-electron chi connectivity index (χ3n) is 5.87. The minimum absolute atomic E-state index is 0.0500. The van der Waals surface area contributed by atoms with Crippen molar-refractivity contribution < 1.29 is 38.6 Å². The second-order valence-corrected chi connectivity index (χ2v) is 11.1. The van der Waals surface area contributed by atoms with Crippen LogP contribution in [0.5, 0.6) is 0 Å². The average Bonchev–Trinajstić information content (AvgIpc) is 2.90. The average molecular weight is 605 g/mol. The molecule has 0 unspecified atom stereocenters. The van der Waals surface area contributed by atoms with E-state index < -0.39 is 47.7 Å². The predicted molar refractivity (Wildman–Crippen MR) is 159 cm³/mol. The van der Waals surface area contributed by atoms with Crippen LogP contribution < -0.4 is 27.0 Å². The molecule has 7 N–H and O–H groups in total. The zero-order valence-electron chi connectivity index (χ0n) is 25.6. The van der Waals surface area contributed by atoms with E-state index >= 15 is 0 Å². The number of nitrogens with one attached hydrogen (secondary N) is 4. The van der Waals surface area contributed by atoms with Crippen molar-refractivity contribution in [3.05, 3.63) is 29.3 Å². The summed E-state index contributed by atoms with van der Waals surface area (Å²) in [7, 11) is 1.49. The molecule has 0 radical (unpaired) electrons. The van der Waals surface area contributed by atoms with Crippen LogP contribution in [0.1, 0.15) is 58.6 Å². The summed E-state index contributed by atoms with van der Waals surface area (Å²) in [5.41, 5.74) is 5.73. The number of benzene rings is 1. The number of hydrogen-bond acceptors (Lipinski definition) is 8. The van der Waals surface area contributed by atoms with E-state index in [0.717, 1.165) is 0 Å². The van der Waals surface area contributed by atoms with Gasteiger partial charge in [0.15, 0.2) is 6.61 Å². The number of terminal acetylenes is 1. The Morgan fingerprint density at radius 1 is 1.09 bits per heavy atom. The molecule has 6 amide bonds. The van der Waals surface area contributed by atoms with Crippen LogP contribution in [-0.4, -0.2) is 77.9 Å². The van der Waals surface area contributed by atoms with Crippen molar-refractivity contribution in [3.63, 3.8) is 0 Å². The number of primary amides is 1. The monoisotopic (exact) mass is 604 g/mol. The molecule has 1 rings (SSSR count). The molecule has 0 heterocycles. The number of aliphatic hydroxyl groups is 1. The molecule has 2 atom stereocenters. The number of hydrogen-bond donors (Lipinski definition) is 6. The van der Waals surface area contributed by atoms with Crippen LogP contribution in [0.2, 0.25) is 0 Å². The van der Waals surface area contributed by atoms with Crippen LogP contribution in [-0.2, 0) is 32.2 Å². The van der Waals surface area contributed by atoms with Crippen LogP contribution in [0.4, 0.5) is 20.1 Å². The Bertz CT molecular complexity index is 1170. The maximum absolute atomic E-state index is 13.4. The SMILES string of the molecule is C#CCOC(=O)N(C)Cc1cc(NC(=O)[C@H](CCCNC(N)=O)NC(=O)[C@@H](NC(=O)OC(C)(C)C)C(C)C)ccc1CO. The molecule has 0 bridgehead atoms. The van der Waals surface area contributed by atoms with E-state index in [0.29, 0.717) is 23.2 Å². The molecule has 1 aromatic rings. The Morgan fingerprint density at radius 3 is 2.33 bits per heavy atom. The van der Waals surface area contributed by atoms with Gasteiger partial charge < -0.3 is 46.5 Å². The molecule has 1 aromatic carbocycles. The lowest BCUT2D eigenvalue weighted by molar-refractivity contribution is -0.128. The number of amides is 6. The van der Waals surface area contributed by atoms with Crippen LogP contribution in [0.3, 0.4) is 0 Å². The lowest BCUT2D eigenvalue weighted by Gasteiger charge is -2.27. The molecule has 0 saturated heterocycles. The number of alkyl carbamates (subject to hydrolysis) is 1. The normalized spacial score (nSPS) is 12.3. The number of rotatable bonds is 14. The molecule has 0 aliphatic heterocycles. The van der Waals surface area contributed by atoms with Crippen LogP contribution in [0.15, 0.2) is 18.2 Å². The molecule has 0 spiro atoms. The van der Waals surface area contributed by atoms with Gasteiger partial charge in [-0.15, -0.1) is 6.42 Å². The van der Waals surface area contributed by atoms with Gasteiger partial charge >= 0.3 is 18.2 Å². The molecular weight excluding hydrogens is 560 g/mol. The summed E-state index contributed by atoms with van der Waals surface area (Å²) in [4.78, 5) is 63.5. The Labute approximate surface area is 252 Å². The Hall–Kier alpha value is -4.51. The van der Waals surface area contributed by atoms with Crippen molar-refractivity contribution in [3.8, 4) is 12.3 Å². The van der Waals surface area contributed by atoms with Crippen molar-refractivity contribution in [2.24, 2.45) is 11.7 Å². The fourth-order valence-corrected chi connectivity index (χ4v) is 3.79. The quantitative estimate of drug-likeness (QED) is 0.136. The molecule has 14 heteroatoms. The standard InChI is InChI=1S/C29H44N6O8/c1-8-14-42-28(41)35(7)16-20-15-21(12-11-19(20)17-36)32-24(37)22(10-9-13-31-26(30)39)33-25(38)23(18(2)3)34-27(40)43-29(4,5)6/h1,11-12,15,18,22-23,36H,9-10,13-14,16-17H2,2-7H3,(H,32,37)(H,33,38)(H,34,40)(H3,30,31,39)/t22-,23-/m0/s1. The minimum Gasteiger partial charge on any atom is -0.444 e. The highest BCUT2D eigenvalue weighted by Gasteiger charge is 2.30. The Kier molecular flexibility index (Phi) is 14.8. The number of ether oxygens (including phenoxy) is 2. The van der Waals surface area contributed by atoms with E-state index in [1.165, 1.54) is 11.9 Å². The minimum atomic E-state index is -1.06.